The number of ether oxygens (including phenoxy) is 2. The number of methoxy groups -OCH3 is 2. The standard InChI is InChI=1S/C22H24N4O3/c1-14(2)15-5-7-16(8-6-15)26-22(27)18-12-24-21(13-23-18)25-17-9-10-19(28-3)20(11-17)29-4/h5-14H,1-4H3,(H,24,25)(H,26,27). The first-order valence-corrected chi connectivity index (χ1v) is 9.22. The summed E-state index contributed by atoms with van der Waals surface area (Å²) in [5.74, 6) is 1.88. The minimum Gasteiger partial charge on any atom is -0.493 e. The van der Waals surface area contributed by atoms with Gasteiger partial charge in [-0.3, -0.25) is 4.79 Å². The number of nitrogens with zero attached hydrogens (tertiary/aromatic N) is 2. The highest BCUT2D eigenvalue weighted by atomic mass is 16.5. The van der Waals surface area contributed by atoms with E-state index in [2.05, 4.69) is 34.4 Å². The molecule has 0 aliphatic carbocycles. The summed E-state index contributed by atoms with van der Waals surface area (Å²) in [5.41, 5.74) is 2.93. The van der Waals surface area contributed by atoms with Crippen LogP contribution in [0.1, 0.15) is 35.8 Å². The monoisotopic (exact) mass is 392 g/mol. The lowest BCUT2D eigenvalue weighted by atomic mass is 10.0. The van der Waals surface area contributed by atoms with Crippen molar-refractivity contribution in [2.45, 2.75) is 19.8 Å². The van der Waals surface area contributed by atoms with Crippen molar-refractivity contribution < 1.29 is 14.3 Å². The molecule has 0 saturated carbocycles. The Balaban J connectivity index is 1.65. The van der Waals surface area contributed by atoms with E-state index in [9.17, 15) is 4.79 Å². The van der Waals surface area contributed by atoms with Gasteiger partial charge in [0, 0.05) is 17.4 Å². The molecule has 0 spiro atoms. The average molecular weight is 392 g/mol. The van der Waals surface area contributed by atoms with Crippen LogP contribution in [0.5, 0.6) is 11.5 Å². The molecule has 3 aromatic rings. The Kier molecular flexibility index (Phi) is 6.29. The van der Waals surface area contributed by atoms with Crippen LogP contribution in [0.4, 0.5) is 17.2 Å². The molecule has 0 saturated heterocycles. The first kappa shape index (κ1) is 20.1. The molecule has 2 N–H and O–H groups in total. The van der Waals surface area contributed by atoms with Gasteiger partial charge < -0.3 is 20.1 Å². The molecule has 7 heteroatoms. The first-order chi connectivity index (χ1) is 14.0. The van der Waals surface area contributed by atoms with Gasteiger partial charge in [0.1, 0.15) is 11.5 Å². The minimum atomic E-state index is -0.313. The number of aromatic nitrogens is 2. The molecule has 7 nitrogen and oxygen atoms in total. The summed E-state index contributed by atoms with van der Waals surface area (Å²) in [4.78, 5) is 20.9. The number of benzene rings is 2. The molecule has 0 aliphatic heterocycles. The molecular weight excluding hydrogens is 368 g/mol. The van der Waals surface area contributed by atoms with Gasteiger partial charge >= 0.3 is 0 Å². The van der Waals surface area contributed by atoms with Gasteiger partial charge in [0.05, 0.1) is 26.6 Å². The summed E-state index contributed by atoms with van der Waals surface area (Å²) < 4.78 is 10.5. The van der Waals surface area contributed by atoms with Crippen LogP contribution in [0.25, 0.3) is 0 Å². The zero-order chi connectivity index (χ0) is 20.8. The van der Waals surface area contributed by atoms with Crippen molar-refractivity contribution >= 4 is 23.1 Å². The third-order valence-corrected chi connectivity index (χ3v) is 4.38. The van der Waals surface area contributed by atoms with Crippen molar-refractivity contribution in [2.24, 2.45) is 0 Å². The van der Waals surface area contributed by atoms with Crippen molar-refractivity contribution in [2.75, 3.05) is 24.9 Å². The second kappa shape index (κ2) is 9.05. The predicted molar refractivity (Wildman–Crippen MR) is 113 cm³/mol. The summed E-state index contributed by atoms with van der Waals surface area (Å²) >= 11 is 0. The molecule has 1 aromatic heterocycles. The molecular formula is C22H24N4O3. The number of nitrogens with one attached hydrogen (secondary N) is 2. The third-order valence-electron chi connectivity index (χ3n) is 4.38. The van der Waals surface area contributed by atoms with E-state index in [0.717, 1.165) is 5.69 Å². The second-order valence-corrected chi connectivity index (χ2v) is 6.71. The van der Waals surface area contributed by atoms with E-state index < -0.39 is 0 Å². The topological polar surface area (TPSA) is 85.4 Å². The Morgan fingerprint density at radius 1 is 0.897 bits per heavy atom. The van der Waals surface area contributed by atoms with E-state index in [1.165, 1.54) is 18.0 Å². The van der Waals surface area contributed by atoms with Crippen molar-refractivity contribution in [3.8, 4) is 11.5 Å². The Bertz CT molecular complexity index is 970. The van der Waals surface area contributed by atoms with Crippen molar-refractivity contribution in [1.82, 2.24) is 9.97 Å². The van der Waals surface area contributed by atoms with Crippen LogP contribution >= 0.6 is 0 Å². The van der Waals surface area contributed by atoms with E-state index in [1.807, 2.05) is 30.3 Å². The van der Waals surface area contributed by atoms with E-state index in [4.69, 9.17) is 9.47 Å². The van der Waals surface area contributed by atoms with Crippen LogP contribution in [0.15, 0.2) is 54.9 Å². The number of carbonyl (C=O) groups excluding carboxylic acids is 1. The summed E-state index contributed by atoms with van der Waals surface area (Å²) in [7, 11) is 3.16. The van der Waals surface area contributed by atoms with Gasteiger partial charge in [0.2, 0.25) is 0 Å². The van der Waals surface area contributed by atoms with Gasteiger partial charge in [-0.2, -0.15) is 0 Å². The quantitative estimate of drug-likeness (QED) is 0.611. The maximum absolute atomic E-state index is 12.4. The highest BCUT2D eigenvalue weighted by molar-refractivity contribution is 6.02. The zero-order valence-electron chi connectivity index (χ0n) is 16.9. The van der Waals surface area contributed by atoms with E-state index in [1.54, 1.807) is 26.4 Å². The third kappa shape index (κ3) is 5.01. The minimum absolute atomic E-state index is 0.232. The molecule has 0 atom stereocenters. The molecule has 1 amide bonds. The number of anilines is 3. The van der Waals surface area contributed by atoms with Gasteiger partial charge in [-0.1, -0.05) is 26.0 Å². The number of rotatable bonds is 7. The Morgan fingerprint density at radius 2 is 1.59 bits per heavy atom. The highest BCUT2D eigenvalue weighted by Gasteiger charge is 2.10. The van der Waals surface area contributed by atoms with E-state index in [0.29, 0.717) is 28.9 Å². The molecule has 150 valence electrons. The van der Waals surface area contributed by atoms with E-state index in [-0.39, 0.29) is 11.6 Å². The predicted octanol–water partition coefficient (Wildman–Crippen LogP) is 4.61. The number of carbonyl (C=O) groups is 1. The summed E-state index contributed by atoms with van der Waals surface area (Å²) in [5, 5.41) is 5.95. The number of amides is 1. The van der Waals surface area contributed by atoms with Crippen LogP contribution in [0.3, 0.4) is 0 Å². The number of hydrogen-bond acceptors (Lipinski definition) is 6. The first-order valence-electron chi connectivity index (χ1n) is 9.22. The highest BCUT2D eigenvalue weighted by Crippen LogP contribution is 2.30. The lowest BCUT2D eigenvalue weighted by Crippen LogP contribution is -2.14. The fraction of sp³-hybridized carbons (Fsp3) is 0.227. The summed E-state index contributed by atoms with van der Waals surface area (Å²) in [6.45, 7) is 4.25. The molecule has 3 rings (SSSR count). The molecule has 0 unspecified atom stereocenters. The SMILES string of the molecule is COc1ccc(Nc2cnc(C(=O)Nc3ccc(C(C)C)cc3)cn2)cc1OC. The molecule has 0 fully saturated rings. The molecule has 0 radical (unpaired) electrons. The smallest absolute Gasteiger partial charge is 0.275 e. The van der Waals surface area contributed by atoms with Crippen molar-refractivity contribution in [3.63, 3.8) is 0 Å². The molecule has 2 aromatic carbocycles. The second-order valence-electron chi connectivity index (χ2n) is 6.71. The molecule has 1 heterocycles. The zero-order valence-corrected chi connectivity index (χ0v) is 16.9. The van der Waals surface area contributed by atoms with Gasteiger partial charge in [-0.15, -0.1) is 0 Å². The maximum atomic E-state index is 12.4. The normalized spacial score (nSPS) is 10.5. The van der Waals surface area contributed by atoms with Crippen molar-refractivity contribution in [3.05, 3.63) is 66.1 Å². The van der Waals surface area contributed by atoms with Crippen molar-refractivity contribution in [1.29, 1.82) is 0 Å². The van der Waals surface area contributed by atoms with Crippen LogP contribution in [0.2, 0.25) is 0 Å². The van der Waals surface area contributed by atoms with Gasteiger partial charge in [-0.25, -0.2) is 9.97 Å². The summed E-state index contributed by atoms with van der Waals surface area (Å²) in [6, 6.07) is 13.2. The average Bonchev–Trinajstić information content (AvgIpc) is 2.74. The van der Waals surface area contributed by atoms with Gasteiger partial charge in [0.15, 0.2) is 11.5 Å². The van der Waals surface area contributed by atoms with E-state index >= 15 is 0 Å². The fourth-order valence-corrected chi connectivity index (χ4v) is 2.72. The van der Waals surface area contributed by atoms with Gasteiger partial charge in [-0.05, 0) is 35.7 Å². The molecule has 0 aliphatic rings. The molecule has 29 heavy (non-hydrogen) atoms. The Morgan fingerprint density at radius 3 is 2.17 bits per heavy atom. The van der Waals surface area contributed by atoms with Crippen LogP contribution in [-0.4, -0.2) is 30.1 Å². The maximum Gasteiger partial charge on any atom is 0.275 e. The Labute approximate surface area is 170 Å². The van der Waals surface area contributed by atoms with Crippen LogP contribution in [-0.2, 0) is 0 Å². The fourth-order valence-electron chi connectivity index (χ4n) is 2.72. The Hall–Kier alpha value is -3.61. The lowest BCUT2D eigenvalue weighted by Gasteiger charge is -2.11. The van der Waals surface area contributed by atoms with Gasteiger partial charge in [0.25, 0.3) is 5.91 Å². The molecule has 0 bridgehead atoms. The van der Waals surface area contributed by atoms with Crippen LogP contribution in [0, 0.1) is 0 Å². The van der Waals surface area contributed by atoms with Crippen LogP contribution < -0.4 is 20.1 Å². The number of hydrogen-bond donors (Lipinski definition) is 2. The lowest BCUT2D eigenvalue weighted by molar-refractivity contribution is 0.102. The largest absolute Gasteiger partial charge is 0.493 e. The summed E-state index contributed by atoms with van der Waals surface area (Å²) in [6.07, 6.45) is 2.94.